The van der Waals surface area contributed by atoms with E-state index in [2.05, 4.69) is 5.32 Å². The fourth-order valence-corrected chi connectivity index (χ4v) is 2.62. The van der Waals surface area contributed by atoms with Crippen molar-refractivity contribution in [3.8, 4) is 0 Å². The first-order valence-corrected chi connectivity index (χ1v) is 7.29. The molecule has 0 aromatic heterocycles. The Morgan fingerprint density at radius 1 is 1.24 bits per heavy atom. The summed E-state index contributed by atoms with van der Waals surface area (Å²) in [5, 5.41) is 2.80. The highest BCUT2D eigenvalue weighted by molar-refractivity contribution is 5.97. The molecule has 2 unspecified atom stereocenters. The van der Waals surface area contributed by atoms with E-state index < -0.39 is 12.1 Å². The Bertz CT molecular complexity index is 528. The second-order valence-corrected chi connectivity index (χ2v) is 5.75. The molecule has 114 valence electrons. The Hall–Kier alpha value is -1.91. The van der Waals surface area contributed by atoms with Gasteiger partial charge in [-0.15, -0.1) is 0 Å². The van der Waals surface area contributed by atoms with E-state index in [1.165, 1.54) is 12.1 Å². The minimum atomic E-state index is -0.485. The maximum absolute atomic E-state index is 13.0. The lowest BCUT2D eigenvalue weighted by Gasteiger charge is -2.40. The monoisotopic (exact) mass is 292 g/mol. The topological polar surface area (TPSA) is 49.4 Å². The predicted octanol–water partition coefficient (Wildman–Crippen LogP) is 2.09. The SMILES string of the molecule is CCC1C(=O)NC(C(C)C)C(=O)N1Cc1ccc(F)cc1. The van der Waals surface area contributed by atoms with Crippen LogP contribution in [-0.2, 0) is 16.1 Å². The normalized spacial score (nSPS) is 22.6. The molecule has 0 bridgehead atoms. The maximum atomic E-state index is 13.0. The molecular formula is C16H21FN2O2. The number of halogens is 1. The average molecular weight is 292 g/mol. The number of carbonyl (C=O) groups excluding carboxylic acids is 2. The molecule has 1 saturated heterocycles. The standard InChI is InChI=1S/C16H21FN2O2/c1-4-13-15(20)18-14(10(2)3)16(21)19(13)9-11-5-7-12(17)8-6-11/h5-8,10,13-14H,4,9H2,1-3H3,(H,18,20). The summed E-state index contributed by atoms with van der Waals surface area (Å²) >= 11 is 0. The van der Waals surface area contributed by atoms with Crippen molar-refractivity contribution in [2.45, 2.75) is 45.8 Å². The Kier molecular flexibility index (Phi) is 4.60. The van der Waals surface area contributed by atoms with E-state index in [0.29, 0.717) is 13.0 Å². The molecular weight excluding hydrogens is 271 g/mol. The van der Waals surface area contributed by atoms with Crippen LogP contribution >= 0.6 is 0 Å². The third kappa shape index (κ3) is 3.23. The van der Waals surface area contributed by atoms with Gasteiger partial charge < -0.3 is 10.2 Å². The quantitative estimate of drug-likeness (QED) is 0.924. The smallest absolute Gasteiger partial charge is 0.246 e. The summed E-state index contributed by atoms with van der Waals surface area (Å²) in [4.78, 5) is 26.4. The zero-order chi connectivity index (χ0) is 15.6. The summed E-state index contributed by atoms with van der Waals surface area (Å²) in [5.41, 5.74) is 0.820. The van der Waals surface area contributed by atoms with Crippen molar-refractivity contribution in [2.75, 3.05) is 0 Å². The number of piperazine rings is 1. The molecule has 0 saturated carbocycles. The van der Waals surface area contributed by atoms with Crippen molar-refractivity contribution in [1.82, 2.24) is 10.2 Å². The molecule has 4 nitrogen and oxygen atoms in total. The first-order chi connectivity index (χ1) is 9.93. The molecule has 2 rings (SSSR count). The van der Waals surface area contributed by atoms with Crippen LogP contribution in [0.15, 0.2) is 24.3 Å². The fraction of sp³-hybridized carbons (Fsp3) is 0.500. The summed E-state index contributed by atoms with van der Waals surface area (Å²) in [7, 11) is 0. The predicted molar refractivity (Wildman–Crippen MR) is 77.8 cm³/mol. The second kappa shape index (κ2) is 6.24. The van der Waals surface area contributed by atoms with Crippen LogP contribution in [0.2, 0.25) is 0 Å². The van der Waals surface area contributed by atoms with Gasteiger partial charge in [0.05, 0.1) is 0 Å². The highest BCUT2D eigenvalue weighted by atomic mass is 19.1. The molecule has 5 heteroatoms. The van der Waals surface area contributed by atoms with Gasteiger partial charge in [0, 0.05) is 6.54 Å². The number of benzene rings is 1. The summed E-state index contributed by atoms with van der Waals surface area (Å²) in [6, 6.07) is 5.08. The van der Waals surface area contributed by atoms with Crippen molar-refractivity contribution in [2.24, 2.45) is 5.92 Å². The van der Waals surface area contributed by atoms with E-state index in [-0.39, 0.29) is 23.5 Å². The van der Waals surface area contributed by atoms with Gasteiger partial charge in [-0.25, -0.2) is 4.39 Å². The van der Waals surface area contributed by atoms with E-state index >= 15 is 0 Å². The van der Waals surface area contributed by atoms with Crippen LogP contribution in [0.5, 0.6) is 0 Å². The minimum Gasteiger partial charge on any atom is -0.342 e. The van der Waals surface area contributed by atoms with Crippen LogP contribution in [0.25, 0.3) is 0 Å². The van der Waals surface area contributed by atoms with Crippen LogP contribution in [0, 0.1) is 11.7 Å². The number of nitrogens with zero attached hydrogens (tertiary/aromatic N) is 1. The highest BCUT2D eigenvalue weighted by Crippen LogP contribution is 2.20. The fourth-order valence-electron chi connectivity index (χ4n) is 2.62. The summed E-state index contributed by atoms with van der Waals surface area (Å²) < 4.78 is 13.0. The lowest BCUT2D eigenvalue weighted by molar-refractivity contribution is -0.151. The van der Waals surface area contributed by atoms with E-state index in [0.717, 1.165) is 5.56 Å². The molecule has 1 N–H and O–H groups in total. The Morgan fingerprint density at radius 3 is 2.38 bits per heavy atom. The zero-order valence-electron chi connectivity index (χ0n) is 12.6. The van der Waals surface area contributed by atoms with Crippen LogP contribution in [0.1, 0.15) is 32.8 Å². The molecule has 1 heterocycles. The number of hydrogen-bond donors (Lipinski definition) is 1. The van der Waals surface area contributed by atoms with Gasteiger partial charge in [0.2, 0.25) is 11.8 Å². The lowest BCUT2D eigenvalue weighted by atomic mass is 9.96. The van der Waals surface area contributed by atoms with E-state index in [1.54, 1.807) is 17.0 Å². The van der Waals surface area contributed by atoms with Crippen molar-refractivity contribution < 1.29 is 14.0 Å². The van der Waals surface area contributed by atoms with Gasteiger partial charge >= 0.3 is 0 Å². The molecule has 2 atom stereocenters. The maximum Gasteiger partial charge on any atom is 0.246 e. The summed E-state index contributed by atoms with van der Waals surface area (Å²) in [6.45, 7) is 6.02. The Balaban J connectivity index is 2.25. The largest absolute Gasteiger partial charge is 0.342 e. The number of carbonyl (C=O) groups is 2. The Labute approximate surface area is 124 Å². The van der Waals surface area contributed by atoms with Gasteiger partial charge in [-0.2, -0.15) is 0 Å². The molecule has 21 heavy (non-hydrogen) atoms. The van der Waals surface area contributed by atoms with Crippen molar-refractivity contribution >= 4 is 11.8 Å². The van der Waals surface area contributed by atoms with Crippen LogP contribution < -0.4 is 5.32 Å². The molecule has 1 fully saturated rings. The molecule has 1 aromatic rings. The molecule has 1 aromatic carbocycles. The number of amides is 2. The van der Waals surface area contributed by atoms with E-state index in [1.807, 2.05) is 20.8 Å². The number of hydrogen-bond acceptors (Lipinski definition) is 2. The summed E-state index contributed by atoms with van der Waals surface area (Å²) in [5.74, 6) is -0.456. The summed E-state index contributed by atoms with van der Waals surface area (Å²) in [6.07, 6.45) is 0.559. The average Bonchev–Trinajstić information content (AvgIpc) is 2.44. The Morgan fingerprint density at radius 2 is 1.86 bits per heavy atom. The molecule has 0 aliphatic carbocycles. The highest BCUT2D eigenvalue weighted by Gasteiger charge is 2.40. The van der Waals surface area contributed by atoms with E-state index in [4.69, 9.17) is 0 Å². The number of rotatable bonds is 4. The molecule has 1 aliphatic rings. The van der Waals surface area contributed by atoms with Gasteiger partial charge in [0.1, 0.15) is 17.9 Å². The third-order valence-corrected chi connectivity index (χ3v) is 3.85. The molecule has 0 spiro atoms. The molecule has 0 radical (unpaired) electrons. The van der Waals surface area contributed by atoms with E-state index in [9.17, 15) is 14.0 Å². The molecule has 2 amide bonds. The van der Waals surface area contributed by atoms with Crippen molar-refractivity contribution in [3.63, 3.8) is 0 Å². The van der Waals surface area contributed by atoms with Crippen molar-refractivity contribution in [3.05, 3.63) is 35.6 Å². The zero-order valence-corrected chi connectivity index (χ0v) is 12.6. The minimum absolute atomic E-state index is 0.0370. The first kappa shape index (κ1) is 15.5. The van der Waals surface area contributed by atoms with Gasteiger partial charge in [0.15, 0.2) is 0 Å². The van der Waals surface area contributed by atoms with Crippen LogP contribution in [0.3, 0.4) is 0 Å². The molecule has 1 aliphatic heterocycles. The van der Waals surface area contributed by atoms with Gasteiger partial charge in [-0.3, -0.25) is 9.59 Å². The van der Waals surface area contributed by atoms with Gasteiger partial charge in [-0.1, -0.05) is 32.9 Å². The van der Waals surface area contributed by atoms with Crippen molar-refractivity contribution in [1.29, 1.82) is 0 Å². The van der Waals surface area contributed by atoms with Gasteiger partial charge in [0.25, 0.3) is 0 Å². The lowest BCUT2D eigenvalue weighted by Crippen LogP contribution is -2.64. The second-order valence-electron chi connectivity index (χ2n) is 5.75. The van der Waals surface area contributed by atoms with Gasteiger partial charge in [-0.05, 0) is 30.0 Å². The van der Waals surface area contributed by atoms with Crippen LogP contribution in [-0.4, -0.2) is 28.8 Å². The third-order valence-electron chi connectivity index (χ3n) is 3.85. The first-order valence-electron chi connectivity index (χ1n) is 7.29. The number of nitrogens with one attached hydrogen (secondary N) is 1. The van der Waals surface area contributed by atoms with Crippen LogP contribution in [0.4, 0.5) is 4.39 Å².